The Hall–Kier alpha value is -3.26. The van der Waals surface area contributed by atoms with Crippen LogP contribution in [0.4, 0.5) is 0 Å². The molecule has 4 rings (SSSR count). The Kier molecular flexibility index (Phi) is 4.32. The molecule has 0 saturated carbocycles. The SMILES string of the molecule is Cc1ccc(-c2ccc(O)cc2)n1Cc1ccc(-c2ccccc2)cc1. The Bertz CT molecular complexity index is 997. The molecule has 0 atom stereocenters. The quantitative estimate of drug-likeness (QED) is 0.493. The summed E-state index contributed by atoms with van der Waals surface area (Å²) in [5.41, 5.74) is 7.23. The van der Waals surface area contributed by atoms with Crippen LogP contribution in [-0.2, 0) is 6.54 Å². The van der Waals surface area contributed by atoms with Gasteiger partial charge in [-0.1, -0.05) is 54.6 Å². The van der Waals surface area contributed by atoms with Crippen molar-refractivity contribution in [2.45, 2.75) is 13.5 Å². The van der Waals surface area contributed by atoms with Gasteiger partial charge in [-0.3, -0.25) is 0 Å². The third-order valence-corrected chi connectivity index (χ3v) is 4.76. The standard InChI is InChI=1S/C24H21NO/c1-18-7-16-24(22-12-14-23(26)15-13-22)25(18)17-19-8-10-21(11-9-19)20-5-3-2-4-6-20/h2-16,26H,17H2,1H3. The molecule has 2 heteroatoms. The molecule has 128 valence electrons. The maximum atomic E-state index is 9.53. The van der Waals surface area contributed by atoms with Crippen LogP contribution in [-0.4, -0.2) is 9.67 Å². The maximum Gasteiger partial charge on any atom is 0.115 e. The monoisotopic (exact) mass is 339 g/mol. The van der Waals surface area contributed by atoms with E-state index in [1.807, 2.05) is 18.2 Å². The van der Waals surface area contributed by atoms with Crippen molar-refractivity contribution in [2.75, 3.05) is 0 Å². The summed E-state index contributed by atoms with van der Waals surface area (Å²) in [6.45, 7) is 2.95. The molecule has 0 aliphatic carbocycles. The lowest BCUT2D eigenvalue weighted by molar-refractivity contribution is 0.475. The van der Waals surface area contributed by atoms with Crippen LogP contribution >= 0.6 is 0 Å². The number of rotatable bonds is 4. The van der Waals surface area contributed by atoms with E-state index in [1.165, 1.54) is 22.4 Å². The second-order valence-corrected chi connectivity index (χ2v) is 6.56. The molecular weight excluding hydrogens is 318 g/mol. The third-order valence-electron chi connectivity index (χ3n) is 4.76. The van der Waals surface area contributed by atoms with Crippen LogP contribution in [0.2, 0.25) is 0 Å². The maximum absolute atomic E-state index is 9.53. The topological polar surface area (TPSA) is 25.2 Å². The molecule has 4 aromatic rings. The molecule has 0 bridgehead atoms. The van der Waals surface area contributed by atoms with E-state index < -0.39 is 0 Å². The van der Waals surface area contributed by atoms with E-state index in [9.17, 15) is 5.11 Å². The van der Waals surface area contributed by atoms with E-state index in [0.717, 1.165) is 17.8 Å². The number of aromatic nitrogens is 1. The molecule has 0 radical (unpaired) electrons. The van der Waals surface area contributed by atoms with Crippen molar-refractivity contribution in [3.8, 4) is 28.1 Å². The van der Waals surface area contributed by atoms with Gasteiger partial charge in [0.15, 0.2) is 0 Å². The summed E-state index contributed by atoms with van der Waals surface area (Å²) in [5, 5.41) is 9.53. The summed E-state index contributed by atoms with van der Waals surface area (Å²) in [4.78, 5) is 0. The predicted octanol–water partition coefficient (Wildman–Crippen LogP) is 5.88. The van der Waals surface area contributed by atoms with Crippen LogP contribution in [0.1, 0.15) is 11.3 Å². The molecule has 0 amide bonds. The summed E-state index contributed by atoms with van der Waals surface area (Å²) in [6, 6.07) is 30.9. The number of benzene rings is 3. The molecule has 26 heavy (non-hydrogen) atoms. The van der Waals surface area contributed by atoms with Crippen LogP contribution < -0.4 is 0 Å². The molecule has 0 aliphatic heterocycles. The lowest BCUT2D eigenvalue weighted by atomic mass is 10.0. The summed E-state index contributed by atoms with van der Waals surface area (Å²) in [6.07, 6.45) is 0. The van der Waals surface area contributed by atoms with Crippen molar-refractivity contribution in [1.29, 1.82) is 0 Å². The first-order chi connectivity index (χ1) is 12.7. The first-order valence-electron chi connectivity index (χ1n) is 8.80. The van der Waals surface area contributed by atoms with Crippen molar-refractivity contribution in [1.82, 2.24) is 4.57 Å². The van der Waals surface area contributed by atoms with Crippen LogP contribution in [0.15, 0.2) is 91.0 Å². The molecule has 0 unspecified atom stereocenters. The normalized spacial score (nSPS) is 10.8. The fourth-order valence-electron chi connectivity index (χ4n) is 3.28. The fraction of sp³-hybridized carbons (Fsp3) is 0.0833. The van der Waals surface area contributed by atoms with E-state index in [-0.39, 0.29) is 0 Å². The third kappa shape index (κ3) is 3.27. The lowest BCUT2D eigenvalue weighted by Crippen LogP contribution is -2.03. The number of phenolic OH excluding ortho intramolecular Hbond substituents is 1. The summed E-state index contributed by atoms with van der Waals surface area (Å²) in [7, 11) is 0. The Morgan fingerprint density at radius 3 is 1.96 bits per heavy atom. The molecule has 1 heterocycles. The number of nitrogens with zero attached hydrogens (tertiary/aromatic N) is 1. The first-order valence-corrected chi connectivity index (χ1v) is 8.80. The summed E-state index contributed by atoms with van der Waals surface area (Å²) >= 11 is 0. The Morgan fingerprint density at radius 2 is 1.27 bits per heavy atom. The van der Waals surface area contributed by atoms with Crippen molar-refractivity contribution in [2.24, 2.45) is 0 Å². The van der Waals surface area contributed by atoms with Crippen LogP contribution in [0, 0.1) is 6.92 Å². The van der Waals surface area contributed by atoms with Gasteiger partial charge in [0.05, 0.1) is 0 Å². The van der Waals surface area contributed by atoms with E-state index in [4.69, 9.17) is 0 Å². The zero-order chi connectivity index (χ0) is 17.9. The van der Waals surface area contributed by atoms with E-state index in [2.05, 4.69) is 72.2 Å². The Labute approximate surface area is 154 Å². The minimum Gasteiger partial charge on any atom is -0.508 e. The van der Waals surface area contributed by atoms with Crippen molar-refractivity contribution < 1.29 is 5.11 Å². The fourth-order valence-corrected chi connectivity index (χ4v) is 3.28. The van der Waals surface area contributed by atoms with Gasteiger partial charge in [-0.15, -0.1) is 0 Å². The molecule has 0 fully saturated rings. The molecule has 2 nitrogen and oxygen atoms in total. The van der Waals surface area contributed by atoms with Crippen LogP contribution in [0.25, 0.3) is 22.4 Å². The van der Waals surface area contributed by atoms with Gasteiger partial charge in [0.1, 0.15) is 5.75 Å². The van der Waals surface area contributed by atoms with Crippen molar-refractivity contribution >= 4 is 0 Å². The number of aromatic hydroxyl groups is 1. The largest absolute Gasteiger partial charge is 0.508 e. The van der Waals surface area contributed by atoms with Gasteiger partial charge in [-0.25, -0.2) is 0 Å². The number of phenols is 1. The number of hydrogen-bond donors (Lipinski definition) is 1. The molecule has 3 aromatic carbocycles. The second-order valence-electron chi connectivity index (χ2n) is 6.56. The highest BCUT2D eigenvalue weighted by molar-refractivity contribution is 5.64. The van der Waals surface area contributed by atoms with Gasteiger partial charge < -0.3 is 9.67 Å². The van der Waals surface area contributed by atoms with Crippen molar-refractivity contribution in [3.05, 3.63) is 102 Å². The number of aryl methyl sites for hydroxylation is 1. The number of hydrogen-bond acceptors (Lipinski definition) is 1. The van der Waals surface area contributed by atoms with Gasteiger partial charge in [0, 0.05) is 17.9 Å². The summed E-state index contributed by atoms with van der Waals surface area (Å²) < 4.78 is 2.31. The smallest absolute Gasteiger partial charge is 0.115 e. The van der Waals surface area contributed by atoms with Gasteiger partial charge >= 0.3 is 0 Å². The average molecular weight is 339 g/mol. The molecule has 1 aromatic heterocycles. The average Bonchev–Trinajstić information content (AvgIpc) is 3.04. The zero-order valence-electron chi connectivity index (χ0n) is 14.8. The molecular formula is C24H21NO. The molecule has 0 saturated heterocycles. The van der Waals surface area contributed by atoms with Crippen LogP contribution in [0.5, 0.6) is 5.75 Å². The van der Waals surface area contributed by atoms with Crippen molar-refractivity contribution in [3.63, 3.8) is 0 Å². The predicted molar refractivity (Wildman–Crippen MR) is 107 cm³/mol. The Morgan fingerprint density at radius 1 is 0.654 bits per heavy atom. The second kappa shape index (κ2) is 6.93. The molecule has 1 N–H and O–H groups in total. The lowest BCUT2D eigenvalue weighted by Gasteiger charge is -2.13. The minimum atomic E-state index is 0.292. The van der Waals surface area contributed by atoms with Crippen LogP contribution in [0.3, 0.4) is 0 Å². The Balaban J connectivity index is 1.62. The van der Waals surface area contributed by atoms with Gasteiger partial charge in [0.2, 0.25) is 0 Å². The molecule has 0 spiro atoms. The highest BCUT2D eigenvalue weighted by atomic mass is 16.3. The first kappa shape index (κ1) is 16.2. The zero-order valence-corrected chi connectivity index (χ0v) is 14.8. The van der Waals surface area contributed by atoms with E-state index in [1.54, 1.807) is 12.1 Å². The van der Waals surface area contributed by atoms with E-state index >= 15 is 0 Å². The summed E-state index contributed by atoms with van der Waals surface area (Å²) in [5.74, 6) is 0.292. The highest BCUT2D eigenvalue weighted by Gasteiger charge is 2.08. The minimum absolute atomic E-state index is 0.292. The van der Waals surface area contributed by atoms with Gasteiger partial charge in [0.25, 0.3) is 0 Å². The molecule has 0 aliphatic rings. The van der Waals surface area contributed by atoms with Gasteiger partial charge in [-0.05, 0) is 65.6 Å². The van der Waals surface area contributed by atoms with Gasteiger partial charge in [-0.2, -0.15) is 0 Å². The highest BCUT2D eigenvalue weighted by Crippen LogP contribution is 2.26. The van der Waals surface area contributed by atoms with E-state index in [0.29, 0.717) is 5.75 Å².